The molecule has 1 saturated heterocycles. The Hall–Kier alpha value is -2.89. The highest BCUT2D eigenvalue weighted by Gasteiger charge is 2.29. The molecule has 3 aromatic rings. The minimum absolute atomic E-state index is 0.176. The highest BCUT2D eigenvalue weighted by molar-refractivity contribution is 7.89. The first kappa shape index (κ1) is 21.3. The van der Waals surface area contributed by atoms with Gasteiger partial charge in [0.05, 0.1) is 25.7 Å². The summed E-state index contributed by atoms with van der Waals surface area (Å²) in [4.78, 5) is 14.7. The third-order valence-corrected chi connectivity index (χ3v) is 7.34. The molecule has 0 aliphatic carbocycles. The Morgan fingerprint density at radius 3 is 2.39 bits per heavy atom. The van der Waals surface area contributed by atoms with Crippen LogP contribution in [0.1, 0.15) is 0 Å². The molecule has 0 saturated carbocycles. The maximum atomic E-state index is 13.0. The maximum Gasteiger partial charge on any atom is 0.350 e. The summed E-state index contributed by atoms with van der Waals surface area (Å²) in [5, 5.41) is 4.33. The van der Waals surface area contributed by atoms with E-state index in [1.54, 1.807) is 24.4 Å². The summed E-state index contributed by atoms with van der Waals surface area (Å²) in [5.74, 6) is 0.855. The van der Waals surface area contributed by atoms with Crippen molar-refractivity contribution in [3.8, 4) is 11.5 Å². The Labute approximate surface area is 180 Å². The molecule has 1 aromatic carbocycles. The number of methoxy groups -OCH3 is 2. The van der Waals surface area contributed by atoms with Crippen molar-refractivity contribution < 1.29 is 17.9 Å². The van der Waals surface area contributed by atoms with Crippen LogP contribution in [0, 0.1) is 0 Å². The quantitative estimate of drug-likeness (QED) is 0.521. The molecule has 0 radical (unpaired) electrons. The summed E-state index contributed by atoms with van der Waals surface area (Å²) in [7, 11) is -0.655. The molecular weight excluding hydrogens is 422 g/mol. The Morgan fingerprint density at radius 2 is 1.71 bits per heavy atom. The highest BCUT2D eigenvalue weighted by atomic mass is 32.2. The zero-order valence-corrected chi connectivity index (χ0v) is 18.3. The largest absolute Gasteiger partial charge is 0.493 e. The van der Waals surface area contributed by atoms with Crippen molar-refractivity contribution in [3.05, 3.63) is 53.1 Å². The molecular formula is C20H25N5O5S. The van der Waals surface area contributed by atoms with Crippen molar-refractivity contribution in [3.63, 3.8) is 0 Å². The van der Waals surface area contributed by atoms with Gasteiger partial charge in [-0.1, -0.05) is 6.07 Å². The summed E-state index contributed by atoms with van der Waals surface area (Å²) in [6.45, 7) is 2.97. The first-order valence-corrected chi connectivity index (χ1v) is 11.4. The van der Waals surface area contributed by atoms with E-state index in [4.69, 9.17) is 9.47 Å². The lowest BCUT2D eigenvalue weighted by Crippen LogP contribution is -2.49. The number of piperazine rings is 1. The van der Waals surface area contributed by atoms with Gasteiger partial charge in [0.2, 0.25) is 10.0 Å². The molecule has 10 nitrogen and oxygen atoms in total. The van der Waals surface area contributed by atoms with E-state index in [-0.39, 0.29) is 10.6 Å². The molecule has 1 fully saturated rings. The molecule has 11 heteroatoms. The van der Waals surface area contributed by atoms with Crippen LogP contribution in [0.3, 0.4) is 0 Å². The lowest BCUT2D eigenvalue weighted by Gasteiger charge is -2.33. The van der Waals surface area contributed by atoms with Gasteiger partial charge in [-0.25, -0.2) is 17.9 Å². The SMILES string of the molecule is COc1ccc(S(=O)(=O)N2CCN(CCn3nc4ccccn4c3=O)CC2)cc1OC. The van der Waals surface area contributed by atoms with Gasteiger partial charge in [-0.05, 0) is 24.3 Å². The average Bonchev–Trinajstić information content (AvgIpc) is 3.13. The smallest absolute Gasteiger partial charge is 0.350 e. The summed E-state index contributed by atoms with van der Waals surface area (Å²) in [6.07, 6.45) is 1.69. The summed E-state index contributed by atoms with van der Waals surface area (Å²) in [6, 6.07) is 10.0. The molecule has 166 valence electrons. The normalized spacial score (nSPS) is 15.9. The van der Waals surface area contributed by atoms with Gasteiger partial charge in [0, 0.05) is 45.0 Å². The second-order valence-electron chi connectivity index (χ2n) is 7.20. The van der Waals surface area contributed by atoms with E-state index in [0.717, 1.165) is 0 Å². The van der Waals surface area contributed by atoms with E-state index in [9.17, 15) is 13.2 Å². The van der Waals surface area contributed by atoms with Gasteiger partial charge in [-0.3, -0.25) is 9.30 Å². The van der Waals surface area contributed by atoms with E-state index in [1.165, 1.54) is 39.7 Å². The summed E-state index contributed by atoms with van der Waals surface area (Å²) < 4.78 is 40.9. The first-order valence-electron chi connectivity index (χ1n) is 9.93. The molecule has 0 amide bonds. The predicted octanol–water partition coefficient (Wildman–Crippen LogP) is 0.520. The van der Waals surface area contributed by atoms with Gasteiger partial charge >= 0.3 is 5.69 Å². The average molecular weight is 448 g/mol. The van der Waals surface area contributed by atoms with Crippen LogP contribution in [-0.2, 0) is 16.6 Å². The molecule has 0 spiro atoms. The minimum atomic E-state index is -3.63. The highest BCUT2D eigenvalue weighted by Crippen LogP contribution is 2.30. The number of hydrogen-bond donors (Lipinski definition) is 0. The molecule has 0 unspecified atom stereocenters. The Morgan fingerprint density at radius 1 is 0.968 bits per heavy atom. The van der Waals surface area contributed by atoms with Crippen LogP contribution >= 0.6 is 0 Å². The molecule has 4 rings (SSSR count). The van der Waals surface area contributed by atoms with E-state index < -0.39 is 10.0 Å². The lowest BCUT2D eigenvalue weighted by molar-refractivity contribution is 0.180. The molecule has 2 aromatic heterocycles. The molecule has 0 N–H and O–H groups in total. The Bertz CT molecular complexity index is 1230. The fraction of sp³-hybridized carbons (Fsp3) is 0.400. The number of ether oxygens (including phenoxy) is 2. The van der Waals surface area contributed by atoms with Gasteiger partial charge in [-0.2, -0.15) is 4.31 Å². The van der Waals surface area contributed by atoms with Crippen molar-refractivity contribution in [2.24, 2.45) is 0 Å². The fourth-order valence-electron chi connectivity index (χ4n) is 3.67. The van der Waals surface area contributed by atoms with Gasteiger partial charge in [0.25, 0.3) is 0 Å². The van der Waals surface area contributed by atoms with Gasteiger partial charge in [-0.15, -0.1) is 5.10 Å². The van der Waals surface area contributed by atoms with Crippen molar-refractivity contribution in [1.29, 1.82) is 0 Å². The minimum Gasteiger partial charge on any atom is -0.493 e. The van der Waals surface area contributed by atoms with Crippen LogP contribution in [0.25, 0.3) is 5.65 Å². The first-order chi connectivity index (χ1) is 14.9. The summed E-state index contributed by atoms with van der Waals surface area (Å²) >= 11 is 0. The van der Waals surface area contributed by atoms with Crippen LogP contribution in [-0.4, -0.2) is 78.7 Å². The van der Waals surface area contributed by atoms with Crippen LogP contribution in [0.4, 0.5) is 0 Å². The van der Waals surface area contributed by atoms with Gasteiger partial charge < -0.3 is 9.47 Å². The number of sulfonamides is 1. The van der Waals surface area contributed by atoms with Crippen molar-refractivity contribution in [2.45, 2.75) is 11.4 Å². The Balaban J connectivity index is 1.39. The molecule has 1 aliphatic rings. The van der Waals surface area contributed by atoms with Crippen molar-refractivity contribution in [1.82, 2.24) is 23.4 Å². The zero-order chi connectivity index (χ0) is 22.0. The molecule has 31 heavy (non-hydrogen) atoms. The number of aromatic nitrogens is 3. The monoisotopic (exact) mass is 447 g/mol. The fourth-order valence-corrected chi connectivity index (χ4v) is 5.11. The van der Waals surface area contributed by atoms with E-state index in [2.05, 4.69) is 10.00 Å². The van der Waals surface area contributed by atoms with Crippen molar-refractivity contribution in [2.75, 3.05) is 46.9 Å². The molecule has 0 bridgehead atoms. The third-order valence-electron chi connectivity index (χ3n) is 5.44. The third kappa shape index (κ3) is 4.16. The van der Waals surface area contributed by atoms with Gasteiger partial charge in [0.15, 0.2) is 17.1 Å². The standard InChI is InChI=1S/C20H25N5O5S/c1-29-17-7-6-16(15-18(17)30-2)31(27,28)23-12-9-22(10-13-23)11-14-25-20(26)24-8-4-3-5-19(24)21-25/h3-8,15H,9-14H2,1-2H3. The maximum absolute atomic E-state index is 13.0. The van der Waals surface area contributed by atoms with Gasteiger partial charge in [0.1, 0.15) is 0 Å². The number of fused-ring (bicyclic) bond motifs is 1. The Kier molecular flexibility index (Phi) is 5.99. The number of pyridine rings is 1. The van der Waals surface area contributed by atoms with E-state index in [1.807, 2.05) is 6.07 Å². The predicted molar refractivity (Wildman–Crippen MR) is 114 cm³/mol. The zero-order valence-electron chi connectivity index (χ0n) is 17.5. The molecule has 3 heterocycles. The second kappa shape index (κ2) is 8.69. The number of nitrogens with zero attached hydrogens (tertiary/aromatic N) is 5. The number of benzene rings is 1. The molecule has 1 aliphatic heterocycles. The van der Waals surface area contributed by atoms with E-state index in [0.29, 0.717) is 56.4 Å². The lowest BCUT2D eigenvalue weighted by atomic mass is 10.3. The topological polar surface area (TPSA) is 98.4 Å². The second-order valence-corrected chi connectivity index (χ2v) is 9.14. The number of hydrogen-bond acceptors (Lipinski definition) is 7. The number of rotatable bonds is 7. The van der Waals surface area contributed by atoms with Crippen LogP contribution in [0.15, 0.2) is 52.3 Å². The summed E-state index contributed by atoms with van der Waals surface area (Å²) in [5.41, 5.74) is 0.434. The van der Waals surface area contributed by atoms with E-state index >= 15 is 0 Å². The molecule has 0 atom stereocenters. The van der Waals surface area contributed by atoms with Crippen LogP contribution in [0.2, 0.25) is 0 Å². The van der Waals surface area contributed by atoms with Crippen LogP contribution < -0.4 is 15.2 Å². The van der Waals surface area contributed by atoms with Crippen LogP contribution in [0.5, 0.6) is 11.5 Å². The van der Waals surface area contributed by atoms with Crippen molar-refractivity contribution >= 4 is 15.7 Å².